The highest BCUT2D eigenvalue weighted by Crippen LogP contribution is 2.08. The van der Waals surface area contributed by atoms with Gasteiger partial charge in [-0.3, -0.25) is 0 Å². The van der Waals surface area contributed by atoms with Crippen LogP contribution in [0.3, 0.4) is 0 Å². The summed E-state index contributed by atoms with van der Waals surface area (Å²) in [6.07, 6.45) is 3.34. The zero-order chi connectivity index (χ0) is 8.10. The SMILES string of the molecule is O=C(CO)ON1CCCCC1. The van der Waals surface area contributed by atoms with Crippen molar-refractivity contribution in [1.82, 2.24) is 5.06 Å². The van der Waals surface area contributed by atoms with Gasteiger partial charge in [0.25, 0.3) is 0 Å². The maximum absolute atomic E-state index is 10.6. The molecule has 0 atom stereocenters. The third kappa shape index (κ3) is 2.86. The minimum absolute atomic E-state index is 0.531. The molecule has 11 heavy (non-hydrogen) atoms. The Labute approximate surface area is 65.7 Å². The van der Waals surface area contributed by atoms with Gasteiger partial charge in [-0.2, -0.15) is 0 Å². The lowest BCUT2D eigenvalue weighted by Crippen LogP contribution is -2.33. The fourth-order valence-electron chi connectivity index (χ4n) is 1.13. The summed E-state index contributed by atoms with van der Waals surface area (Å²) in [5.41, 5.74) is 0. The molecule has 1 saturated heterocycles. The van der Waals surface area contributed by atoms with E-state index in [1.807, 2.05) is 0 Å². The molecule has 0 aromatic carbocycles. The van der Waals surface area contributed by atoms with Crippen LogP contribution >= 0.6 is 0 Å². The fraction of sp³-hybridized carbons (Fsp3) is 0.857. The van der Waals surface area contributed by atoms with Gasteiger partial charge in [0.05, 0.1) is 0 Å². The smallest absolute Gasteiger partial charge is 0.350 e. The zero-order valence-electron chi connectivity index (χ0n) is 6.45. The van der Waals surface area contributed by atoms with Gasteiger partial charge in [-0.1, -0.05) is 6.42 Å². The Morgan fingerprint density at radius 2 is 2.00 bits per heavy atom. The van der Waals surface area contributed by atoms with Crippen molar-refractivity contribution in [2.45, 2.75) is 19.3 Å². The summed E-state index contributed by atoms with van der Waals surface area (Å²) in [4.78, 5) is 15.4. The molecule has 0 unspecified atom stereocenters. The summed E-state index contributed by atoms with van der Waals surface area (Å²) in [5.74, 6) is -0.563. The molecular formula is C7H13NO3. The standard InChI is InChI=1S/C7H13NO3/c9-6-7(10)11-8-4-2-1-3-5-8/h9H,1-6H2. The maximum atomic E-state index is 10.6. The zero-order valence-corrected chi connectivity index (χ0v) is 6.45. The van der Waals surface area contributed by atoms with E-state index in [0.717, 1.165) is 25.9 Å². The lowest BCUT2D eigenvalue weighted by atomic mass is 10.2. The van der Waals surface area contributed by atoms with Crippen LogP contribution in [0.2, 0.25) is 0 Å². The molecule has 1 rings (SSSR count). The van der Waals surface area contributed by atoms with E-state index >= 15 is 0 Å². The molecule has 0 amide bonds. The predicted molar refractivity (Wildman–Crippen MR) is 38.6 cm³/mol. The molecular weight excluding hydrogens is 146 g/mol. The van der Waals surface area contributed by atoms with Crippen LogP contribution in [0.4, 0.5) is 0 Å². The molecule has 0 aromatic heterocycles. The van der Waals surface area contributed by atoms with Crippen LogP contribution in [-0.4, -0.2) is 35.8 Å². The van der Waals surface area contributed by atoms with E-state index in [4.69, 9.17) is 9.94 Å². The van der Waals surface area contributed by atoms with E-state index in [0.29, 0.717) is 0 Å². The molecule has 0 aliphatic carbocycles. The van der Waals surface area contributed by atoms with Crippen LogP contribution in [0.15, 0.2) is 0 Å². The second-order valence-electron chi connectivity index (χ2n) is 2.61. The van der Waals surface area contributed by atoms with E-state index in [2.05, 4.69) is 0 Å². The van der Waals surface area contributed by atoms with Crippen molar-refractivity contribution in [2.75, 3.05) is 19.7 Å². The van der Waals surface area contributed by atoms with Crippen LogP contribution in [0.5, 0.6) is 0 Å². The lowest BCUT2D eigenvalue weighted by Gasteiger charge is -2.24. The molecule has 0 spiro atoms. The normalized spacial score (nSPS) is 19.7. The molecule has 1 heterocycles. The van der Waals surface area contributed by atoms with Crippen molar-refractivity contribution in [3.05, 3.63) is 0 Å². The first-order chi connectivity index (χ1) is 5.33. The highest BCUT2D eigenvalue weighted by molar-refractivity contribution is 5.69. The molecule has 64 valence electrons. The largest absolute Gasteiger partial charge is 0.385 e. The van der Waals surface area contributed by atoms with Crippen molar-refractivity contribution in [3.8, 4) is 0 Å². The molecule has 1 aliphatic rings. The molecule has 0 bridgehead atoms. The van der Waals surface area contributed by atoms with Crippen LogP contribution < -0.4 is 0 Å². The van der Waals surface area contributed by atoms with Gasteiger partial charge in [-0.25, -0.2) is 4.79 Å². The molecule has 1 aliphatic heterocycles. The van der Waals surface area contributed by atoms with Crippen molar-refractivity contribution in [2.24, 2.45) is 0 Å². The van der Waals surface area contributed by atoms with Gasteiger partial charge < -0.3 is 9.94 Å². The number of rotatable bonds is 2. The third-order valence-corrected chi connectivity index (χ3v) is 1.68. The van der Waals surface area contributed by atoms with Crippen molar-refractivity contribution in [1.29, 1.82) is 0 Å². The summed E-state index contributed by atoms with van der Waals surface area (Å²) in [6, 6.07) is 0. The average Bonchev–Trinajstić information content (AvgIpc) is 2.06. The van der Waals surface area contributed by atoms with Crippen LogP contribution in [0.25, 0.3) is 0 Å². The average molecular weight is 159 g/mol. The molecule has 4 nitrogen and oxygen atoms in total. The Morgan fingerprint density at radius 1 is 1.36 bits per heavy atom. The fourth-order valence-corrected chi connectivity index (χ4v) is 1.13. The van der Waals surface area contributed by atoms with Gasteiger partial charge in [0, 0.05) is 13.1 Å². The molecule has 4 heteroatoms. The monoisotopic (exact) mass is 159 g/mol. The van der Waals surface area contributed by atoms with E-state index < -0.39 is 12.6 Å². The summed E-state index contributed by atoms with van der Waals surface area (Å²) in [5, 5.41) is 9.98. The molecule has 0 radical (unpaired) electrons. The van der Waals surface area contributed by atoms with Gasteiger partial charge in [0.2, 0.25) is 0 Å². The van der Waals surface area contributed by atoms with Gasteiger partial charge in [-0.15, -0.1) is 5.06 Å². The van der Waals surface area contributed by atoms with Crippen LogP contribution in [0, 0.1) is 0 Å². The predicted octanol–water partition coefficient (Wildman–Crippen LogP) is -0.0772. The van der Waals surface area contributed by atoms with Crippen molar-refractivity contribution < 1.29 is 14.7 Å². The third-order valence-electron chi connectivity index (χ3n) is 1.68. The summed E-state index contributed by atoms with van der Waals surface area (Å²) in [7, 11) is 0. The van der Waals surface area contributed by atoms with Crippen LogP contribution in [0.1, 0.15) is 19.3 Å². The second-order valence-corrected chi connectivity index (χ2v) is 2.61. The Hall–Kier alpha value is -0.610. The number of carbonyl (C=O) groups excluding carboxylic acids is 1. The summed E-state index contributed by atoms with van der Waals surface area (Å²) < 4.78 is 0. The first kappa shape index (κ1) is 8.49. The summed E-state index contributed by atoms with van der Waals surface area (Å²) in [6.45, 7) is 1.06. The topological polar surface area (TPSA) is 49.8 Å². The van der Waals surface area contributed by atoms with Crippen molar-refractivity contribution >= 4 is 5.97 Å². The number of aliphatic hydroxyl groups excluding tert-OH is 1. The number of nitrogens with zero attached hydrogens (tertiary/aromatic N) is 1. The minimum Gasteiger partial charge on any atom is -0.385 e. The van der Waals surface area contributed by atoms with E-state index in [1.54, 1.807) is 5.06 Å². The van der Waals surface area contributed by atoms with Gasteiger partial charge in [0.15, 0.2) is 0 Å². The number of hydroxylamine groups is 2. The molecule has 0 saturated carbocycles. The van der Waals surface area contributed by atoms with Gasteiger partial charge in [-0.05, 0) is 12.8 Å². The number of hydrogen-bond acceptors (Lipinski definition) is 4. The number of piperidine rings is 1. The highest BCUT2D eigenvalue weighted by Gasteiger charge is 2.13. The highest BCUT2D eigenvalue weighted by atomic mass is 16.7. The Bertz CT molecular complexity index is 132. The molecule has 1 N–H and O–H groups in total. The van der Waals surface area contributed by atoms with Gasteiger partial charge in [0.1, 0.15) is 6.61 Å². The number of hydrogen-bond donors (Lipinski definition) is 1. The van der Waals surface area contributed by atoms with Crippen molar-refractivity contribution in [3.63, 3.8) is 0 Å². The number of carbonyl (C=O) groups is 1. The van der Waals surface area contributed by atoms with Crippen LogP contribution in [-0.2, 0) is 9.63 Å². The lowest BCUT2D eigenvalue weighted by molar-refractivity contribution is -0.197. The second kappa shape index (κ2) is 4.31. The Kier molecular flexibility index (Phi) is 3.32. The minimum atomic E-state index is -0.563. The van der Waals surface area contributed by atoms with Gasteiger partial charge >= 0.3 is 5.97 Å². The van der Waals surface area contributed by atoms with E-state index in [-0.39, 0.29) is 0 Å². The Balaban J connectivity index is 2.19. The van der Waals surface area contributed by atoms with E-state index in [9.17, 15) is 4.79 Å². The van der Waals surface area contributed by atoms with E-state index in [1.165, 1.54) is 6.42 Å². The Morgan fingerprint density at radius 3 is 2.55 bits per heavy atom. The molecule has 0 aromatic rings. The summed E-state index contributed by atoms with van der Waals surface area (Å²) >= 11 is 0. The maximum Gasteiger partial charge on any atom is 0.350 e. The quantitative estimate of drug-likeness (QED) is 0.612. The first-order valence-corrected chi connectivity index (χ1v) is 3.89. The number of aliphatic hydroxyl groups is 1. The first-order valence-electron chi connectivity index (χ1n) is 3.89. The molecule has 1 fully saturated rings.